The maximum absolute atomic E-state index is 15.7. The number of aromatic nitrogens is 1. The van der Waals surface area contributed by atoms with E-state index in [1.165, 1.54) is 34.4 Å². The fraction of sp³-hybridized carbons (Fsp3) is 0.484. The molecule has 0 saturated carbocycles. The van der Waals surface area contributed by atoms with E-state index in [2.05, 4.69) is 16.9 Å². The summed E-state index contributed by atoms with van der Waals surface area (Å²) < 4.78 is 71.3. The van der Waals surface area contributed by atoms with Crippen molar-refractivity contribution in [1.29, 1.82) is 0 Å². The number of halogens is 4. The number of hydrogen-bond donors (Lipinski definition) is 1. The molecule has 5 rings (SSSR count). The first kappa shape index (κ1) is 33.7. The third kappa shape index (κ3) is 6.73. The number of carbonyl (C=O) groups is 2. The number of nitrogens with one attached hydrogen (secondary N) is 1. The van der Waals surface area contributed by atoms with Crippen LogP contribution in [0.25, 0.3) is 0 Å². The first-order valence-electron chi connectivity index (χ1n) is 14.8. The van der Waals surface area contributed by atoms with Crippen molar-refractivity contribution >= 4 is 29.1 Å². The van der Waals surface area contributed by atoms with Gasteiger partial charge >= 0.3 is 11.9 Å². The van der Waals surface area contributed by atoms with Gasteiger partial charge in [0.2, 0.25) is 5.67 Å². The van der Waals surface area contributed by atoms with Gasteiger partial charge in [-0.15, -0.1) is 11.3 Å². The molecule has 4 atom stereocenters. The fourth-order valence-electron chi connectivity index (χ4n) is 5.87. The number of hydrogen-bond acceptors (Lipinski definition) is 11. The Hall–Kier alpha value is -3.66. The minimum atomic E-state index is -3.29. The van der Waals surface area contributed by atoms with Gasteiger partial charge in [0.25, 0.3) is 5.92 Å². The molecule has 4 heterocycles. The van der Waals surface area contributed by atoms with E-state index in [0.29, 0.717) is 16.4 Å². The van der Waals surface area contributed by atoms with Crippen molar-refractivity contribution in [3.05, 3.63) is 75.7 Å². The third-order valence-corrected chi connectivity index (χ3v) is 8.96. The average Bonchev–Trinajstić information content (AvgIpc) is 3.75. The second kappa shape index (κ2) is 13.6. The number of hydroxylamine groups is 2. The van der Waals surface area contributed by atoms with Crippen molar-refractivity contribution in [2.75, 3.05) is 39.5 Å². The van der Waals surface area contributed by atoms with E-state index < -0.39 is 60.4 Å². The molecule has 10 nitrogen and oxygen atoms in total. The van der Waals surface area contributed by atoms with Crippen LogP contribution in [0, 0.1) is 12.7 Å². The van der Waals surface area contributed by atoms with Crippen molar-refractivity contribution in [2.24, 2.45) is 4.99 Å². The maximum Gasteiger partial charge on any atom is 0.343 e. The summed E-state index contributed by atoms with van der Waals surface area (Å²) in [4.78, 5) is 41.8. The predicted octanol–water partition coefficient (Wildman–Crippen LogP) is 4.28. The quantitative estimate of drug-likeness (QED) is 0.202. The lowest BCUT2D eigenvalue weighted by molar-refractivity contribution is -0.188. The molecule has 3 aliphatic heterocycles. The number of carbonyl (C=O) groups excluding carboxylic acids is 2. The standard InChI is InChI=1S/C31H35F4N5O5S/c1-5-13-44-29(42)30(4,33)10-12-40-25-22(16-45-40)39(17-31(25,34)35)15-21-23(28(41)43-6-2)24(19-8-7-9-20(32)18(19)3)38-26(37-21)27-36-11-14-46-27/h5,7-9,11,14,22,24-25H,1,6,10,12-13,15-17H2,2-4H3,(H,37,38)/t22-,24+,25+,30?/m1/s1. The Labute approximate surface area is 267 Å². The molecule has 1 aromatic carbocycles. The van der Waals surface area contributed by atoms with Gasteiger partial charge < -0.3 is 14.8 Å². The first-order valence-corrected chi connectivity index (χ1v) is 15.6. The van der Waals surface area contributed by atoms with E-state index in [1.807, 2.05) is 0 Å². The van der Waals surface area contributed by atoms with E-state index in [0.717, 1.165) is 12.0 Å². The van der Waals surface area contributed by atoms with Gasteiger partial charge in [0, 0.05) is 36.8 Å². The number of rotatable bonds is 12. The highest BCUT2D eigenvalue weighted by Crippen LogP contribution is 2.42. The Balaban J connectivity index is 1.45. The Morgan fingerprint density at radius 1 is 1.33 bits per heavy atom. The number of nitrogens with zero attached hydrogens (tertiary/aromatic N) is 4. The molecule has 0 bridgehead atoms. The molecule has 2 aromatic rings. The van der Waals surface area contributed by atoms with Gasteiger partial charge in [-0.1, -0.05) is 24.8 Å². The van der Waals surface area contributed by atoms with Crippen molar-refractivity contribution in [1.82, 2.24) is 20.3 Å². The predicted molar refractivity (Wildman–Crippen MR) is 161 cm³/mol. The molecule has 0 amide bonds. The van der Waals surface area contributed by atoms with E-state index >= 15 is 13.2 Å². The molecule has 0 aliphatic carbocycles. The number of thiazole rings is 1. The normalized spacial score (nSPS) is 24.2. The highest BCUT2D eigenvalue weighted by molar-refractivity contribution is 7.11. The van der Waals surface area contributed by atoms with Gasteiger partial charge in [-0.2, -0.15) is 5.06 Å². The zero-order chi connectivity index (χ0) is 33.2. The average molecular weight is 666 g/mol. The molecular weight excluding hydrogens is 630 g/mol. The number of benzene rings is 1. The first-order chi connectivity index (χ1) is 21.9. The molecule has 15 heteroatoms. The molecule has 0 spiro atoms. The molecule has 3 aliphatic rings. The minimum Gasteiger partial charge on any atom is -0.463 e. The van der Waals surface area contributed by atoms with Crippen molar-refractivity contribution in [2.45, 2.75) is 56.9 Å². The highest BCUT2D eigenvalue weighted by atomic mass is 32.1. The Kier molecular flexibility index (Phi) is 9.96. The molecule has 248 valence electrons. The number of alkyl halides is 3. The molecule has 1 N–H and O–H groups in total. The van der Waals surface area contributed by atoms with Crippen molar-refractivity contribution in [3.63, 3.8) is 0 Å². The van der Waals surface area contributed by atoms with Gasteiger partial charge in [-0.3, -0.25) is 14.7 Å². The lowest BCUT2D eigenvalue weighted by Gasteiger charge is -2.31. The van der Waals surface area contributed by atoms with Gasteiger partial charge in [0.15, 0.2) is 10.8 Å². The number of likely N-dealkylation sites (tertiary alicyclic amines) is 1. The number of ether oxygens (including phenoxy) is 2. The second-order valence-corrected chi connectivity index (χ2v) is 12.3. The summed E-state index contributed by atoms with van der Waals surface area (Å²) in [6, 6.07) is 1.16. The third-order valence-electron chi connectivity index (χ3n) is 8.18. The highest BCUT2D eigenvalue weighted by Gasteiger charge is 2.61. The summed E-state index contributed by atoms with van der Waals surface area (Å²) in [7, 11) is 0. The zero-order valence-corrected chi connectivity index (χ0v) is 26.4. The zero-order valence-electron chi connectivity index (χ0n) is 25.6. The number of amidine groups is 1. The lowest BCUT2D eigenvalue weighted by atomic mass is 9.92. The van der Waals surface area contributed by atoms with Crippen LogP contribution in [0.5, 0.6) is 0 Å². The topological polar surface area (TPSA) is 106 Å². The van der Waals surface area contributed by atoms with Crippen LogP contribution in [0.3, 0.4) is 0 Å². The molecular formula is C31H35F4N5O5S. The van der Waals surface area contributed by atoms with Crippen LogP contribution in [0.1, 0.15) is 42.4 Å². The van der Waals surface area contributed by atoms with E-state index in [1.54, 1.807) is 31.5 Å². The number of esters is 2. The van der Waals surface area contributed by atoms with E-state index in [4.69, 9.17) is 19.3 Å². The summed E-state index contributed by atoms with van der Waals surface area (Å²) in [6.45, 7) is 6.24. The van der Waals surface area contributed by atoms with E-state index in [9.17, 15) is 14.0 Å². The van der Waals surface area contributed by atoms with Crippen molar-refractivity contribution < 1.29 is 41.5 Å². The number of aliphatic imine (C=N–C) groups is 1. The van der Waals surface area contributed by atoms with Gasteiger partial charge in [0.05, 0.1) is 31.4 Å². The Morgan fingerprint density at radius 3 is 2.80 bits per heavy atom. The summed E-state index contributed by atoms with van der Waals surface area (Å²) in [5.74, 6) is -5.33. The van der Waals surface area contributed by atoms with E-state index in [-0.39, 0.29) is 49.7 Å². The smallest absolute Gasteiger partial charge is 0.343 e. The lowest BCUT2D eigenvalue weighted by Crippen LogP contribution is -2.47. The molecule has 0 radical (unpaired) electrons. The molecule has 2 fully saturated rings. The summed E-state index contributed by atoms with van der Waals surface area (Å²) in [6.07, 6.45) is 2.44. The molecule has 1 aromatic heterocycles. The van der Waals surface area contributed by atoms with Crippen LogP contribution in [-0.2, 0) is 23.9 Å². The molecule has 1 unspecified atom stereocenters. The molecule has 46 heavy (non-hydrogen) atoms. The summed E-state index contributed by atoms with van der Waals surface area (Å²) in [5.41, 5.74) is -1.43. The maximum atomic E-state index is 15.7. The van der Waals surface area contributed by atoms with Crippen molar-refractivity contribution in [3.8, 4) is 0 Å². The van der Waals surface area contributed by atoms with Crippen LogP contribution >= 0.6 is 11.3 Å². The van der Waals surface area contributed by atoms with Gasteiger partial charge in [-0.25, -0.2) is 32.1 Å². The van der Waals surface area contributed by atoms with Crippen LogP contribution in [0.15, 0.2) is 58.7 Å². The fourth-order valence-corrected chi connectivity index (χ4v) is 6.45. The minimum absolute atomic E-state index is 0.0391. The SMILES string of the molecule is C=CCOC(=O)C(C)(F)CCN1OC[C@@H]2[C@H]1C(F)(F)CN2CC1=C(C(=O)OCC)[C@H](c2cccc(F)c2C)N=C(c2nccs2)N1. The summed E-state index contributed by atoms with van der Waals surface area (Å²) >= 11 is 1.28. The monoisotopic (exact) mass is 665 g/mol. The number of fused-ring (bicyclic) bond motifs is 1. The van der Waals surface area contributed by atoms with Crippen LogP contribution in [-0.4, -0.2) is 95.9 Å². The molecule has 2 saturated heterocycles. The Morgan fingerprint density at radius 2 is 2.11 bits per heavy atom. The Bertz CT molecular complexity index is 1530. The van der Waals surface area contributed by atoms with Crippen LogP contribution in [0.2, 0.25) is 0 Å². The summed E-state index contributed by atoms with van der Waals surface area (Å²) in [5, 5.41) is 6.39. The van der Waals surface area contributed by atoms with Gasteiger partial charge in [-0.05, 0) is 38.0 Å². The van der Waals surface area contributed by atoms with Gasteiger partial charge in [0.1, 0.15) is 24.5 Å². The largest absolute Gasteiger partial charge is 0.463 e. The second-order valence-electron chi connectivity index (χ2n) is 11.4. The van der Waals surface area contributed by atoms with Crippen LogP contribution < -0.4 is 5.32 Å². The van der Waals surface area contributed by atoms with Crippen LogP contribution in [0.4, 0.5) is 17.6 Å².